The molecule has 4 heterocycles. The number of benzene rings is 1. The van der Waals surface area contributed by atoms with Crippen molar-refractivity contribution in [1.82, 2.24) is 9.80 Å². The number of hydrogen-bond acceptors (Lipinski definition) is 8. The van der Waals surface area contributed by atoms with E-state index in [2.05, 4.69) is 9.98 Å². The molecule has 2 unspecified atom stereocenters. The molecule has 0 aromatic heterocycles. The van der Waals surface area contributed by atoms with Crippen molar-refractivity contribution in [3.8, 4) is 11.5 Å². The van der Waals surface area contributed by atoms with Crippen LogP contribution in [0.2, 0.25) is 0 Å². The average molecular weight is 517 g/mol. The lowest BCUT2D eigenvalue weighted by molar-refractivity contribution is -0.145. The van der Waals surface area contributed by atoms with Gasteiger partial charge in [0.15, 0.2) is 21.8 Å². The van der Waals surface area contributed by atoms with E-state index < -0.39 is 41.4 Å². The van der Waals surface area contributed by atoms with Gasteiger partial charge in [0, 0.05) is 30.5 Å². The van der Waals surface area contributed by atoms with E-state index >= 15 is 0 Å². The van der Waals surface area contributed by atoms with Crippen LogP contribution >= 0.6 is 23.5 Å². The molecule has 0 bridgehead atoms. The Morgan fingerprint density at radius 2 is 1.34 bits per heavy atom. The van der Waals surface area contributed by atoms with E-state index in [4.69, 9.17) is 9.47 Å². The Balaban J connectivity index is 1.64. The minimum absolute atomic E-state index is 0.358. The fraction of sp³-hybridized carbons (Fsp3) is 0.478. The molecule has 0 spiro atoms. The monoisotopic (exact) mass is 516 g/mol. The summed E-state index contributed by atoms with van der Waals surface area (Å²) in [6, 6.07) is 4.90. The molecule has 12 heteroatoms. The molecule has 10 nitrogen and oxygen atoms in total. The summed E-state index contributed by atoms with van der Waals surface area (Å²) in [5, 5.41) is 0.755. The summed E-state index contributed by atoms with van der Waals surface area (Å²) in [5.41, 5.74) is 0.438. The first kappa shape index (κ1) is 23.9. The number of amides is 4. The zero-order valence-electron chi connectivity index (χ0n) is 19.3. The smallest absolute Gasteiger partial charge is 0.261 e. The Morgan fingerprint density at radius 3 is 1.83 bits per heavy atom. The second-order valence-electron chi connectivity index (χ2n) is 8.44. The van der Waals surface area contributed by atoms with Gasteiger partial charge in [-0.2, -0.15) is 9.98 Å². The van der Waals surface area contributed by atoms with Gasteiger partial charge in [0.25, 0.3) is 11.8 Å². The highest BCUT2D eigenvalue weighted by molar-refractivity contribution is 8.14. The molecule has 184 valence electrons. The van der Waals surface area contributed by atoms with Gasteiger partial charge in [-0.3, -0.25) is 29.0 Å². The number of thioether (sulfide) groups is 2. The summed E-state index contributed by atoms with van der Waals surface area (Å²) < 4.78 is 10.8. The number of fused-ring (bicyclic) bond motifs is 2. The summed E-state index contributed by atoms with van der Waals surface area (Å²) >= 11 is 2.72. The van der Waals surface area contributed by atoms with Gasteiger partial charge in [0.05, 0.1) is 14.2 Å². The number of hydrogen-bond donors (Lipinski definition) is 0. The van der Waals surface area contributed by atoms with Gasteiger partial charge in [-0.15, -0.1) is 0 Å². The largest absolute Gasteiger partial charge is 0.493 e. The maximum Gasteiger partial charge on any atom is 0.261 e. The molecule has 1 aromatic carbocycles. The minimum atomic E-state index is -1.33. The minimum Gasteiger partial charge on any atom is -0.493 e. The number of carbonyl (C=O) groups is 4. The molecule has 0 aliphatic carbocycles. The number of carbonyl (C=O) groups excluding carboxylic acids is 4. The Labute approximate surface area is 210 Å². The lowest BCUT2D eigenvalue weighted by Crippen LogP contribution is -2.55. The molecule has 4 aliphatic rings. The van der Waals surface area contributed by atoms with Crippen molar-refractivity contribution >= 4 is 57.5 Å². The van der Waals surface area contributed by atoms with Crippen molar-refractivity contribution in [1.29, 1.82) is 0 Å². The Bertz CT molecular complexity index is 1110. The van der Waals surface area contributed by atoms with E-state index in [1.807, 2.05) is 0 Å². The maximum absolute atomic E-state index is 13.7. The highest BCUT2D eigenvalue weighted by Crippen LogP contribution is 2.43. The third kappa shape index (κ3) is 4.12. The van der Waals surface area contributed by atoms with E-state index in [0.717, 1.165) is 24.3 Å². The molecule has 2 saturated heterocycles. The van der Waals surface area contributed by atoms with Crippen LogP contribution in [0.5, 0.6) is 11.5 Å². The number of methoxy groups -OCH3 is 2. The maximum atomic E-state index is 13.7. The van der Waals surface area contributed by atoms with Gasteiger partial charge in [-0.1, -0.05) is 29.6 Å². The van der Waals surface area contributed by atoms with E-state index in [0.29, 0.717) is 40.5 Å². The number of amidine groups is 2. The van der Waals surface area contributed by atoms with Crippen molar-refractivity contribution in [3.63, 3.8) is 0 Å². The Morgan fingerprint density at radius 1 is 0.829 bits per heavy atom. The van der Waals surface area contributed by atoms with E-state index in [1.54, 1.807) is 18.2 Å². The lowest BCUT2D eigenvalue weighted by atomic mass is 9.73. The molecular formula is C23H24N4O6S2. The van der Waals surface area contributed by atoms with Crippen LogP contribution < -0.4 is 9.47 Å². The molecule has 0 N–H and O–H groups in total. The second kappa shape index (κ2) is 9.65. The predicted octanol–water partition coefficient (Wildman–Crippen LogP) is 1.74. The van der Waals surface area contributed by atoms with E-state index in [-0.39, 0.29) is 0 Å². The van der Waals surface area contributed by atoms with Crippen LogP contribution in [0.1, 0.15) is 24.3 Å². The van der Waals surface area contributed by atoms with Gasteiger partial charge in [0.1, 0.15) is 11.8 Å². The van der Waals surface area contributed by atoms with Crippen molar-refractivity contribution < 1.29 is 28.7 Å². The molecule has 2 fully saturated rings. The van der Waals surface area contributed by atoms with Gasteiger partial charge in [-0.05, 0) is 30.5 Å². The van der Waals surface area contributed by atoms with Gasteiger partial charge in [0.2, 0.25) is 11.8 Å². The quantitative estimate of drug-likeness (QED) is 0.543. The van der Waals surface area contributed by atoms with Crippen LogP contribution in [0.15, 0.2) is 28.2 Å². The average Bonchev–Trinajstić information content (AvgIpc) is 2.87. The fourth-order valence-corrected chi connectivity index (χ4v) is 6.74. The summed E-state index contributed by atoms with van der Waals surface area (Å²) in [6.07, 6.45) is 1.52. The normalized spacial score (nSPS) is 25.4. The topological polar surface area (TPSA) is 118 Å². The van der Waals surface area contributed by atoms with Gasteiger partial charge >= 0.3 is 0 Å². The highest BCUT2D eigenvalue weighted by atomic mass is 32.2. The van der Waals surface area contributed by atoms with Crippen LogP contribution in [0.25, 0.3) is 0 Å². The predicted molar refractivity (Wildman–Crippen MR) is 132 cm³/mol. The summed E-state index contributed by atoms with van der Waals surface area (Å²) in [4.78, 5) is 65.4. The Kier molecular flexibility index (Phi) is 6.58. The third-order valence-corrected chi connectivity index (χ3v) is 8.62. The van der Waals surface area contributed by atoms with Gasteiger partial charge in [-0.25, -0.2) is 0 Å². The third-order valence-electron chi connectivity index (χ3n) is 6.49. The first-order chi connectivity index (χ1) is 16.9. The molecule has 0 radical (unpaired) electrons. The zero-order valence-corrected chi connectivity index (χ0v) is 20.9. The fourth-order valence-electron chi connectivity index (χ4n) is 4.84. The highest BCUT2D eigenvalue weighted by Gasteiger charge is 2.53. The second-order valence-corrected chi connectivity index (χ2v) is 10.6. The van der Waals surface area contributed by atoms with E-state index in [9.17, 15) is 19.2 Å². The molecule has 4 aliphatic heterocycles. The summed E-state index contributed by atoms with van der Waals surface area (Å²) in [7, 11) is 2.96. The first-order valence-electron chi connectivity index (χ1n) is 11.3. The molecule has 2 atom stereocenters. The van der Waals surface area contributed by atoms with Crippen LogP contribution in [-0.2, 0) is 19.2 Å². The van der Waals surface area contributed by atoms with E-state index in [1.165, 1.54) is 47.5 Å². The molecule has 1 aromatic rings. The van der Waals surface area contributed by atoms with Crippen LogP contribution in [-0.4, -0.2) is 82.6 Å². The number of ether oxygens (including phenoxy) is 2. The number of rotatable bonds is 5. The molecule has 35 heavy (non-hydrogen) atoms. The molecular weight excluding hydrogens is 492 g/mol. The number of aliphatic imine (C=N–C) groups is 2. The van der Waals surface area contributed by atoms with Crippen molar-refractivity contribution in [2.24, 2.45) is 21.8 Å². The van der Waals surface area contributed by atoms with Crippen LogP contribution in [0.4, 0.5) is 0 Å². The molecule has 5 rings (SSSR count). The summed E-state index contributed by atoms with van der Waals surface area (Å²) in [5.74, 6) is -3.62. The van der Waals surface area contributed by atoms with Crippen molar-refractivity contribution in [3.05, 3.63) is 23.8 Å². The standard InChI is InChI=1S/C23H24N4O6S2/c1-32-13-6-5-12(11-14(13)33-2)15(16-18(28)24-22-26(20(16)30)7-3-9-34-22)17-19(29)25-23-27(21(17)31)8-4-10-35-23/h5-6,11,15-17H,3-4,7-10H2,1-2H3. The number of nitrogens with zero attached hydrogens (tertiary/aromatic N) is 4. The van der Waals surface area contributed by atoms with Crippen molar-refractivity contribution in [2.45, 2.75) is 18.8 Å². The molecule has 0 saturated carbocycles. The SMILES string of the molecule is COc1ccc(C(C2C(=O)N=C3SCCCN3C2=O)C2C(=O)N=C3SCCCN3C2=O)cc1OC. The van der Waals surface area contributed by atoms with Gasteiger partial charge < -0.3 is 9.47 Å². The summed E-state index contributed by atoms with van der Waals surface area (Å²) in [6.45, 7) is 0.870. The Hall–Kier alpha value is -2.86. The van der Waals surface area contributed by atoms with Crippen LogP contribution in [0.3, 0.4) is 0 Å². The first-order valence-corrected chi connectivity index (χ1v) is 13.3. The zero-order chi connectivity index (χ0) is 24.7. The van der Waals surface area contributed by atoms with Crippen molar-refractivity contribution in [2.75, 3.05) is 38.8 Å². The molecule has 4 amide bonds. The van der Waals surface area contributed by atoms with Crippen LogP contribution in [0, 0.1) is 11.8 Å². The lowest BCUT2D eigenvalue weighted by Gasteiger charge is -2.40.